The van der Waals surface area contributed by atoms with E-state index in [2.05, 4.69) is 4.74 Å². The first-order chi connectivity index (χ1) is 8.31. The SMILES string of the molecule is CCCCC(=O)OC(=O)C(F)C(F)C(F)C(F)F. The number of carbonyl (C=O) groups excluding carboxylic acids is 2. The van der Waals surface area contributed by atoms with Gasteiger partial charge in [-0.1, -0.05) is 13.3 Å². The smallest absolute Gasteiger partial charge is 0.351 e. The monoisotopic (exact) mass is 276 g/mol. The lowest BCUT2D eigenvalue weighted by atomic mass is 10.1. The lowest BCUT2D eigenvalue weighted by Crippen LogP contribution is -2.39. The first-order valence-corrected chi connectivity index (χ1v) is 5.26. The average Bonchev–Trinajstić information content (AvgIpc) is 2.33. The van der Waals surface area contributed by atoms with Gasteiger partial charge in [0, 0.05) is 6.42 Å². The van der Waals surface area contributed by atoms with E-state index in [9.17, 15) is 31.5 Å². The molecule has 0 rings (SSSR count). The molecule has 0 aliphatic carbocycles. The second-order valence-electron chi connectivity index (χ2n) is 3.52. The molecule has 0 aromatic rings. The van der Waals surface area contributed by atoms with Gasteiger partial charge in [0.25, 0.3) is 6.43 Å². The van der Waals surface area contributed by atoms with Gasteiger partial charge in [-0.25, -0.2) is 26.7 Å². The molecule has 3 nitrogen and oxygen atoms in total. The van der Waals surface area contributed by atoms with E-state index in [4.69, 9.17) is 0 Å². The minimum absolute atomic E-state index is 0.195. The van der Waals surface area contributed by atoms with Gasteiger partial charge in [-0.2, -0.15) is 0 Å². The van der Waals surface area contributed by atoms with Crippen molar-refractivity contribution in [2.45, 2.75) is 51.1 Å². The molecule has 0 radical (unpaired) electrons. The summed E-state index contributed by atoms with van der Waals surface area (Å²) in [5.74, 6) is -3.10. The standard InChI is InChI=1S/C10H13F5O3/c1-2-3-4-5(16)18-10(17)8(13)6(11)7(12)9(14)15/h6-9H,2-4H2,1H3. The number of hydrogen-bond acceptors (Lipinski definition) is 3. The Morgan fingerprint density at radius 1 is 1.06 bits per heavy atom. The van der Waals surface area contributed by atoms with E-state index in [1.807, 2.05) is 0 Å². The molecule has 106 valence electrons. The highest BCUT2D eigenvalue weighted by molar-refractivity contribution is 5.88. The molecule has 0 aromatic heterocycles. The van der Waals surface area contributed by atoms with Crippen LogP contribution in [0.4, 0.5) is 22.0 Å². The molecule has 0 amide bonds. The molecule has 0 spiro atoms. The minimum atomic E-state index is -3.76. The van der Waals surface area contributed by atoms with Gasteiger partial charge in [0.05, 0.1) is 0 Å². The summed E-state index contributed by atoms with van der Waals surface area (Å²) in [7, 11) is 0. The Morgan fingerprint density at radius 2 is 1.61 bits per heavy atom. The molecule has 0 fully saturated rings. The van der Waals surface area contributed by atoms with Crippen LogP contribution in [0.5, 0.6) is 0 Å². The fourth-order valence-corrected chi connectivity index (χ4v) is 0.971. The third-order valence-electron chi connectivity index (χ3n) is 2.00. The van der Waals surface area contributed by atoms with Crippen molar-refractivity contribution in [2.24, 2.45) is 0 Å². The first-order valence-electron chi connectivity index (χ1n) is 5.26. The van der Waals surface area contributed by atoms with Crippen LogP contribution in [-0.2, 0) is 14.3 Å². The first kappa shape index (κ1) is 16.8. The van der Waals surface area contributed by atoms with Crippen LogP contribution in [0, 0.1) is 0 Å². The number of carbonyl (C=O) groups is 2. The van der Waals surface area contributed by atoms with Gasteiger partial charge in [-0.05, 0) is 6.42 Å². The van der Waals surface area contributed by atoms with E-state index in [0.29, 0.717) is 12.8 Å². The Bertz CT molecular complexity index is 285. The number of esters is 2. The highest BCUT2D eigenvalue weighted by Gasteiger charge is 2.41. The fraction of sp³-hybridized carbons (Fsp3) is 0.800. The molecular weight excluding hydrogens is 263 g/mol. The lowest BCUT2D eigenvalue weighted by Gasteiger charge is -2.15. The van der Waals surface area contributed by atoms with Crippen molar-refractivity contribution in [3.8, 4) is 0 Å². The predicted octanol–water partition coefficient (Wildman–Crippen LogP) is 2.53. The Kier molecular flexibility index (Phi) is 7.45. The number of rotatable bonds is 7. The molecule has 0 aliphatic heterocycles. The topological polar surface area (TPSA) is 43.4 Å². The summed E-state index contributed by atoms with van der Waals surface area (Å²) < 4.78 is 65.4. The van der Waals surface area contributed by atoms with E-state index < -0.39 is 36.9 Å². The molecule has 0 saturated heterocycles. The maximum atomic E-state index is 12.9. The maximum absolute atomic E-state index is 12.9. The van der Waals surface area contributed by atoms with Gasteiger partial charge in [-0.3, -0.25) is 4.79 Å². The number of hydrogen-bond donors (Lipinski definition) is 0. The number of ether oxygens (including phenoxy) is 1. The quantitative estimate of drug-likeness (QED) is 0.407. The summed E-state index contributed by atoms with van der Waals surface area (Å²) in [5, 5.41) is 0. The third kappa shape index (κ3) is 5.42. The summed E-state index contributed by atoms with van der Waals surface area (Å²) in [4.78, 5) is 21.7. The largest absolute Gasteiger partial charge is 0.391 e. The minimum Gasteiger partial charge on any atom is -0.391 e. The van der Waals surface area contributed by atoms with Crippen molar-refractivity contribution >= 4 is 11.9 Å². The number of unbranched alkanes of at least 4 members (excludes halogenated alkanes) is 1. The van der Waals surface area contributed by atoms with Gasteiger partial charge in [0.2, 0.25) is 6.17 Å². The van der Waals surface area contributed by atoms with Crippen molar-refractivity contribution in [1.29, 1.82) is 0 Å². The van der Waals surface area contributed by atoms with Crippen LogP contribution in [0.15, 0.2) is 0 Å². The van der Waals surface area contributed by atoms with Crippen LogP contribution in [0.3, 0.4) is 0 Å². The normalized spacial score (nSPS) is 16.2. The van der Waals surface area contributed by atoms with Gasteiger partial charge in [0.1, 0.15) is 0 Å². The zero-order chi connectivity index (χ0) is 14.3. The van der Waals surface area contributed by atoms with Crippen LogP contribution < -0.4 is 0 Å². The molecule has 8 heteroatoms. The molecule has 0 N–H and O–H groups in total. The molecule has 0 bridgehead atoms. The molecule has 0 aromatic carbocycles. The van der Waals surface area contributed by atoms with Crippen LogP contribution in [0.25, 0.3) is 0 Å². The Balaban J connectivity index is 4.29. The highest BCUT2D eigenvalue weighted by Crippen LogP contribution is 2.19. The summed E-state index contributed by atoms with van der Waals surface area (Å²) >= 11 is 0. The molecule has 0 aliphatic rings. The summed E-state index contributed by atoms with van der Waals surface area (Å²) in [6.07, 6.45) is -13.0. The summed E-state index contributed by atoms with van der Waals surface area (Å²) in [6.45, 7) is 1.74. The molecule has 18 heavy (non-hydrogen) atoms. The van der Waals surface area contributed by atoms with Gasteiger partial charge >= 0.3 is 11.9 Å². The molecule has 0 saturated carbocycles. The van der Waals surface area contributed by atoms with Crippen molar-refractivity contribution in [3.05, 3.63) is 0 Å². The van der Waals surface area contributed by atoms with E-state index in [0.717, 1.165) is 0 Å². The second kappa shape index (κ2) is 7.99. The van der Waals surface area contributed by atoms with Crippen molar-refractivity contribution in [2.75, 3.05) is 0 Å². The van der Waals surface area contributed by atoms with E-state index >= 15 is 0 Å². The average molecular weight is 276 g/mol. The number of alkyl halides is 5. The Labute approximate surface area is 100 Å². The van der Waals surface area contributed by atoms with Crippen LogP contribution in [0.2, 0.25) is 0 Å². The van der Waals surface area contributed by atoms with Gasteiger partial charge < -0.3 is 4.74 Å². The van der Waals surface area contributed by atoms with Gasteiger partial charge in [-0.15, -0.1) is 0 Å². The van der Waals surface area contributed by atoms with E-state index in [1.165, 1.54) is 0 Å². The van der Waals surface area contributed by atoms with E-state index in [1.54, 1.807) is 6.92 Å². The highest BCUT2D eigenvalue weighted by atomic mass is 19.3. The zero-order valence-corrected chi connectivity index (χ0v) is 9.55. The molecular formula is C10H13F5O3. The zero-order valence-electron chi connectivity index (χ0n) is 9.55. The van der Waals surface area contributed by atoms with Crippen molar-refractivity contribution in [3.63, 3.8) is 0 Å². The molecule has 3 unspecified atom stereocenters. The molecule has 3 atom stereocenters. The number of halogens is 5. The third-order valence-corrected chi connectivity index (χ3v) is 2.00. The second-order valence-corrected chi connectivity index (χ2v) is 3.52. The van der Waals surface area contributed by atoms with Crippen LogP contribution in [0.1, 0.15) is 26.2 Å². The van der Waals surface area contributed by atoms with Crippen molar-refractivity contribution < 1.29 is 36.3 Å². The summed E-state index contributed by atoms with van der Waals surface area (Å²) in [6, 6.07) is 0. The fourth-order valence-electron chi connectivity index (χ4n) is 0.971. The van der Waals surface area contributed by atoms with Crippen molar-refractivity contribution in [1.82, 2.24) is 0 Å². The lowest BCUT2D eigenvalue weighted by molar-refractivity contribution is -0.166. The summed E-state index contributed by atoms with van der Waals surface area (Å²) in [5.41, 5.74) is 0. The van der Waals surface area contributed by atoms with Gasteiger partial charge in [0.15, 0.2) is 12.3 Å². The Morgan fingerprint density at radius 3 is 2.06 bits per heavy atom. The molecule has 0 heterocycles. The Hall–Kier alpha value is -1.21. The van der Waals surface area contributed by atoms with E-state index in [-0.39, 0.29) is 6.42 Å². The van der Waals surface area contributed by atoms with Crippen LogP contribution >= 0.6 is 0 Å². The van der Waals surface area contributed by atoms with Crippen LogP contribution in [-0.4, -0.2) is 36.9 Å². The maximum Gasteiger partial charge on any atom is 0.351 e. The predicted molar refractivity (Wildman–Crippen MR) is 51.3 cm³/mol.